The Hall–Kier alpha value is -0.510. The average Bonchev–Trinajstić information content (AvgIpc) is 2.13. The van der Waals surface area contributed by atoms with Gasteiger partial charge in [-0.05, 0) is 6.42 Å². The molecular weight excluding hydrogens is 245 g/mol. The van der Waals surface area contributed by atoms with E-state index in [1.165, 1.54) is 6.08 Å². The standard InChI is InChI=1S/C9H8BrF3/c1-6-5-7(9(11,12)13)3-2-4-8(6)10/h2-4,8H,1,5H2. The Morgan fingerprint density at radius 1 is 1.46 bits per heavy atom. The van der Waals surface area contributed by atoms with Crippen LogP contribution in [0.4, 0.5) is 13.2 Å². The fraction of sp³-hybridized carbons (Fsp3) is 0.333. The molecule has 0 aromatic rings. The van der Waals surface area contributed by atoms with Gasteiger partial charge in [0.05, 0.1) is 4.83 Å². The van der Waals surface area contributed by atoms with Crippen molar-refractivity contribution < 1.29 is 13.2 Å². The Kier molecular flexibility index (Phi) is 3.01. The van der Waals surface area contributed by atoms with Crippen LogP contribution in [0.5, 0.6) is 0 Å². The van der Waals surface area contributed by atoms with Crippen LogP contribution in [0.1, 0.15) is 6.42 Å². The number of halogens is 4. The van der Waals surface area contributed by atoms with E-state index < -0.39 is 11.7 Å². The molecule has 0 amide bonds. The number of allylic oxidation sites excluding steroid dienone is 5. The predicted octanol–water partition coefficient (Wildman–Crippen LogP) is 3.75. The summed E-state index contributed by atoms with van der Waals surface area (Å²) in [5, 5.41) is 0. The van der Waals surface area contributed by atoms with E-state index in [0.29, 0.717) is 5.57 Å². The summed E-state index contributed by atoms with van der Waals surface area (Å²) in [5.41, 5.74) is -0.0203. The largest absolute Gasteiger partial charge is 0.413 e. The van der Waals surface area contributed by atoms with Gasteiger partial charge in [0.25, 0.3) is 0 Å². The molecule has 1 aliphatic carbocycles. The van der Waals surface area contributed by atoms with Crippen LogP contribution in [0, 0.1) is 0 Å². The van der Waals surface area contributed by atoms with Crippen molar-refractivity contribution >= 4 is 15.9 Å². The first-order valence-corrected chi connectivity index (χ1v) is 4.59. The molecule has 0 nitrogen and oxygen atoms in total. The maximum Gasteiger partial charge on any atom is 0.413 e. The van der Waals surface area contributed by atoms with E-state index in [2.05, 4.69) is 22.5 Å². The molecule has 72 valence electrons. The second-order valence-electron chi connectivity index (χ2n) is 2.81. The lowest BCUT2D eigenvalue weighted by molar-refractivity contribution is -0.0931. The summed E-state index contributed by atoms with van der Waals surface area (Å²) < 4.78 is 36.8. The van der Waals surface area contributed by atoms with Gasteiger partial charge < -0.3 is 0 Å². The summed E-state index contributed by atoms with van der Waals surface area (Å²) in [6.45, 7) is 3.58. The van der Waals surface area contributed by atoms with E-state index in [1.54, 1.807) is 6.08 Å². The third kappa shape index (κ3) is 2.72. The minimum absolute atomic E-state index is 0.119. The van der Waals surface area contributed by atoms with Crippen LogP contribution in [0.25, 0.3) is 0 Å². The Labute approximate surface area is 82.9 Å². The first-order chi connectivity index (χ1) is 5.91. The second-order valence-corrected chi connectivity index (χ2v) is 3.80. The fourth-order valence-corrected chi connectivity index (χ4v) is 1.34. The summed E-state index contributed by atoms with van der Waals surface area (Å²) in [6.07, 6.45) is -0.231. The summed E-state index contributed by atoms with van der Waals surface area (Å²) in [6, 6.07) is 0. The predicted molar refractivity (Wildman–Crippen MR) is 49.8 cm³/mol. The van der Waals surface area contributed by atoms with E-state index in [4.69, 9.17) is 0 Å². The smallest absolute Gasteiger partial charge is 0.166 e. The molecule has 1 aliphatic rings. The Bertz CT molecular complexity index is 273. The minimum atomic E-state index is -4.25. The molecule has 0 bridgehead atoms. The van der Waals surface area contributed by atoms with Gasteiger partial charge in [-0.1, -0.05) is 46.3 Å². The van der Waals surface area contributed by atoms with Gasteiger partial charge in [0.1, 0.15) is 0 Å². The molecule has 0 saturated carbocycles. The van der Waals surface area contributed by atoms with Crippen LogP contribution in [-0.4, -0.2) is 11.0 Å². The van der Waals surface area contributed by atoms with Crippen LogP contribution in [-0.2, 0) is 0 Å². The Morgan fingerprint density at radius 2 is 2.08 bits per heavy atom. The zero-order valence-electron chi connectivity index (χ0n) is 6.74. The lowest BCUT2D eigenvalue weighted by Gasteiger charge is -2.12. The summed E-state index contributed by atoms with van der Waals surface area (Å²) in [4.78, 5) is -0.163. The number of rotatable bonds is 0. The zero-order chi connectivity index (χ0) is 10.1. The van der Waals surface area contributed by atoms with Crippen molar-refractivity contribution in [3.8, 4) is 0 Å². The van der Waals surface area contributed by atoms with Crippen LogP contribution in [0.2, 0.25) is 0 Å². The van der Waals surface area contributed by atoms with Crippen molar-refractivity contribution in [3.05, 3.63) is 36.0 Å². The molecule has 1 atom stereocenters. The van der Waals surface area contributed by atoms with Crippen molar-refractivity contribution in [3.63, 3.8) is 0 Å². The maximum atomic E-state index is 12.3. The Morgan fingerprint density at radius 3 is 2.62 bits per heavy atom. The highest BCUT2D eigenvalue weighted by Crippen LogP contribution is 2.33. The highest BCUT2D eigenvalue weighted by Gasteiger charge is 2.34. The molecule has 0 radical (unpaired) electrons. The zero-order valence-corrected chi connectivity index (χ0v) is 8.32. The average molecular weight is 253 g/mol. The molecule has 0 fully saturated rings. The second kappa shape index (κ2) is 3.70. The molecule has 0 spiro atoms. The molecule has 13 heavy (non-hydrogen) atoms. The summed E-state index contributed by atoms with van der Waals surface area (Å²) in [5.74, 6) is 0. The molecule has 4 heteroatoms. The van der Waals surface area contributed by atoms with E-state index in [-0.39, 0.29) is 11.2 Å². The molecule has 0 aliphatic heterocycles. The van der Waals surface area contributed by atoms with Crippen molar-refractivity contribution in [2.45, 2.75) is 17.4 Å². The Balaban J connectivity index is 2.87. The highest BCUT2D eigenvalue weighted by atomic mass is 79.9. The van der Waals surface area contributed by atoms with Gasteiger partial charge in [-0.2, -0.15) is 13.2 Å². The quantitative estimate of drug-likeness (QED) is 0.455. The summed E-state index contributed by atoms with van der Waals surface area (Å²) >= 11 is 3.21. The molecule has 0 N–H and O–H groups in total. The van der Waals surface area contributed by atoms with E-state index in [0.717, 1.165) is 6.08 Å². The van der Waals surface area contributed by atoms with Crippen LogP contribution in [0.15, 0.2) is 36.0 Å². The summed E-state index contributed by atoms with van der Waals surface area (Å²) in [7, 11) is 0. The van der Waals surface area contributed by atoms with Crippen LogP contribution in [0.3, 0.4) is 0 Å². The molecule has 0 heterocycles. The normalized spacial score (nSPS) is 24.2. The lowest BCUT2D eigenvalue weighted by atomic mass is 10.1. The van der Waals surface area contributed by atoms with Gasteiger partial charge in [-0.15, -0.1) is 0 Å². The first-order valence-electron chi connectivity index (χ1n) is 3.67. The molecule has 0 aromatic heterocycles. The van der Waals surface area contributed by atoms with Crippen molar-refractivity contribution in [1.29, 1.82) is 0 Å². The van der Waals surface area contributed by atoms with E-state index in [1.807, 2.05) is 0 Å². The number of hydrogen-bond acceptors (Lipinski definition) is 0. The maximum absolute atomic E-state index is 12.3. The van der Waals surface area contributed by atoms with E-state index in [9.17, 15) is 13.2 Å². The molecule has 1 rings (SSSR count). The topological polar surface area (TPSA) is 0 Å². The SMILES string of the molecule is C=C1CC(C(F)(F)F)=CC=CC1Br. The third-order valence-corrected chi connectivity index (χ3v) is 2.70. The fourth-order valence-electron chi connectivity index (χ4n) is 1.00. The minimum Gasteiger partial charge on any atom is -0.166 e. The van der Waals surface area contributed by atoms with E-state index >= 15 is 0 Å². The van der Waals surface area contributed by atoms with Crippen molar-refractivity contribution in [2.24, 2.45) is 0 Å². The third-order valence-electron chi connectivity index (χ3n) is 1.75. The van der Waals surface area contributed by atoms with Crippen molar-refractivity contribution in [2.75, 3.05) is 0 Å². The van der Waals surface area contributed by atoms with Gasteiger partial charge in [0, 0.05) is 5.57 Å². The lowest BCUT2D eigenvalue weighted by Crippen LogP contribution is -2.12. The van der Waals surface area contributed by atoms with Gasteiger partial charge in [-0.25, -0.2) is 0 Å². The van der Waals surface area contributed by atoms with Crippen molar-refractivity contribution in [1.82, 2.24) is 0 Å². The number of alkyl halides is 4. The molecule has 0 saturated heterocycles. The van der Waals surface area contributed by atoms with Gasteiger partial charge >= 0.3 is 6.18 Å². The monoisotopic (exact) mass is 252 g/mol. The van der Waals surface area contributed by atoms with Gasteiger partial charge in [-0.3, -0.25) is 0 Å². The van der Waals surface area contributed by atoms with Crippen LogP contribution >= 0.6 is 15.9 Å². The number of hydrogen-bond donors (Lipinski definition) is 0. The highest BCUT2D eigenvalue weighted by molar-refractivity contribution is 9.09. The van der Waals surface area contributed by atoms with Gasteiger partial charge in [0.2, 0.25) is 0 Å². The molecule has 0 aromatic carbocycles. The first kappa shape index (κ1) is 10.6. The van der Waals surface area contributed by atoms with Gasteiger partial charge in [0.15, 0.2) is 0 Å². The van der Waals surface area contributed by atoms with Crippen LogP contribution < -0.4 is 0 Å². The molecular formula is C9H8BrF3. The molecule has 1 unspecified atom stereocenters.